The lowest BCUT2D eigenvalue weighted by atomic mass is 10.2. The Hall–Kier alpha value is -1.36. The van der Waals surface area contributed by atoms with Crippen molar-refractivity contribution in [2.75, 3.05) is 55.6 Å². The molecular weight excluding hydrogens is 274 g/mol. The van der Waals surface area contributed by atoms with Crippen molar-refractivity contribution in [3.8, 4) is 0 Å². The van der Waals surface area contributed by atoms with Crippen LogP contribution in [0.5, 0.6) is 0 Å². The molecule has 0 aromatic carbocycles. The van der Waals surface area contributed by atoms with Crippen molar-refractivity contribution in [2.45, 2.75) is 39.5 Å². The van der Waals surface area contributed by atoms with Crippen LogP contribution in [0, 0.1) is 6.92 Å². The Morgan fingerprint density at radius 1 is 0.864 bits per heavy atom. The van der Waals surface area contributed by atoms with Crippen molar-refractivity contribution in [2.24, 2.45) is 0 Å². The highest BCUT2D eigenvalue weighted by molar-refractivity contribution is 5.46. The van der Waals surface area contributed by atoms with Crippen LogP contribution in [0.25, 0.3) is 0 Å². The second-order valence-corrected chi connectivity index (χ2v) is 6.49. The summed E-state index contributed by atoms with van der Waals surface area (Å²) in [6, 6.07) is 2.15. The maximum Gasteiger partial charge on any atom is 0.227 e. The molecule has 0 aliphatic carbocycles. The summed E-state index contributed by atoms with van der Waals surface area (Å²) in [5, 5.41) is 0. The van der Waals surface area contributed by atoms with Crippen LogP contribution in [0.2, 0.25) is 0 Å². The molecule has 0 atom stereocenters. The molecule has 2 aliphatic heterocycles. The molecule has 0 unspecified atom stereocenters. The zero-order valence-corrected chi connectivity index (χ0v) is 14.1. The molecule has 2 aliphatic rings. The normalized spacial score (nSPS) is 21.0. The molecule has 0 N–H and O–H groups in total. The van der Waals surface area contributed by atoms with Crippen molar-refractivity contribution in [1.82, 2.24) is 14.9 Å². The molecule has 22 heavy (non-hydrogen) atoms. The Labute approximate surface area is 134 Å². The first-order valence-electron chi connectivity index (χ1n) is 8.84. The van der Waals surface area contributed by atoms with Crippen molar-refractivity contribution in [3.63, 3.8) is 0 Å². The van der Waals surface area contributed by atoms with Crippen molar-refractivity contribution >= 4 is 11.8 Å². The number of rotatable bonds is 3. The lowest BCUT2D eigenvalue weighted by molar-refractivity contribution is 0.270. The van der Waals surface area contributed by atoms with E-state index in [9.17, 15) is 0 Å². The maximum atomic E-state index is 4.90. The summed E-state index contributed by atoms with van der Waals surface area (Å²) >= 11 is 0. The van der Waals surface area contributed by atoms with Crippen LogP contribution >= 0.6 is 0 Å². The molecule has 5 nitrogen and oxygen atoms in total. The van der Waals surface area contributed by atoms with Gasteiger partial charge in [0.25, 0.3) is 0 Å². The van der Waals surface area contributed by atoms with Gasteiger partial charge in [0.1, 0.15) is 5.82 Å². The van der Waals surface area contributed by atoms with Gasteiger partial charge in [-0.2, -0.15) is 4.98 Å². The van der Waals surface area contributed by atoms with Gasteiger partial charge in [0, 0.05) is 51.0 Å². The average molecular weight is 303 g/mol. The Kier molecular flexibility index (Phi) is 5.13. The molecule has 3 rings (SSSR count). The van der Waals surface area contributed by atoms with Gasteiger partial charge >= 0.3 is 0 Å². The first-order chi connectivity index (χ1) is 10.8. The highest BCUT2D eigenvalue weighted by atomic mass is 15.3. The fraction of sp³-hybridized carbons (Fsp3) is 0.765. The van der Waals surface area contributed by atoms with Gasteiger partial charge in [-0.15, -0.1) is 0 Å². The van der Waals surface area contributed by atoms with Gasteiger partial charge in [-0.1, -0.05) is 19.8 Å². The molecular formula is C17H29N5. The van der Waals surface area contributed by atoms with E-state index in [0.717, 1.165) is 63.3 Å². The van der Waals surface area contributed by atoms with Crippen LogP contribution in [0.15, 0.2) is 6.07 Å². The van der Waals surface area contributed by atoms with Gasteiger partial charge in [0.2, 0.25) is 5.95 Å². The van der Waals surface area contributed by atoms with E-state index in [4.69, 9.17) is 9.97 Å². The number of nitrogens with zero attached hydrogens (tertiary/aromatic N) is 5. The summed E-state index contributed by atoms with van der Waals surface area (Å²) in [4.78, 5) is 16.9. The van der Waals surface area contributed by atoms with E-state index >= 15 is 0 Å². The summed E-state index contributed by atoms with van der Waals surface area (Å²) in [6.45, 7) is 12.1. The fourth-order valence-electron chi connectivity index (χ4n) is 3.40. The van der Waals surface area contributed by atoms with Gasteiger partial charge in [0.15, 0.2) is 0 Å². The summed E-state index contributed by atoms with van der Waals surface area (Å²) in [5.74, 6) is 2.05. The number of piperazine rings is 1. The zero-order valence-electron chi connectivity index (χ0n) is 14.1. The van der Waals surface area contributed by atoms with Crippen LogP contribution in [0.3, 0.4) is 0 Å². The molecule has 0 amide bonds. The lowest BCUT2D eigenvalue weighted by Crippen LogP contribution is -2.47. The summed E-state index contributed by atoms with van der Waals surface area (Å²) < 4.78 is 0. The van der Waals surface area contributed by atoms with Gasteiger partial charge in [0.05, 0.1) is 0 Å². The smallest absolute Gasteiger partial charge is 0.227 e. The van der Waals surface area contributed by atoms with E-state index in [1.807, 2.05) is 0 Å². The van der Waals surface area contributed by atoms with Crippen LogP contribution < -0.4 is 9.80 Å². The molecule has 0 spiro atoms. The maximum absolute atomic E-state index is 4.90. The fourth-order valence-corrected chi connectivity index (χ4v) is 3.40. The number of anilines is 2. The second kappa shape index (κ2) is 7.27. The number of aromatic nitrogens is 2. The van der Waals surface area contributed by atoms with Crippen LogP contribution in [-0.4, -0.2) is 60.7 Å². The monoisotopic (exact) mass is 303 g/mol. The minimum atomic E-state index is 0.926. The molecule has 5 heteroatoms. The third-order valence-electron chi connectivity index (χ3n) is 4.86. The first kappa shape index (κ1) is 15.5. The van der Waals surface area contributed by atoms with Gasteiger partial charge in [-0.05, 0) is 26.3 Å². The largest absolute Gasteiger partial charge is 0.356 e. The number of hydrogen-bond acceptors (Lipinski definition) is 5. The molecule has 1 aromatic rings. The van der Waals surface area contributed by atoms with E-state index < -0.39 is 0 Å². The zero-order chi connectivity index (χ0) is 15.4. The van der Waals surface area contributed by atoms with E-state index in [-0.39, 0.29) is 0 Å². The Balaban J connectivity index is 1.75. The molecule has 3 heterocycles. The second-order valence-electron chi connectivity index (χ2n) is 6.49. The summed E-state index contributed by atoms with van der Waals surface area (Å²) in [5.41, 5.74) is 1.09. The van der Waals surface area contributed by atoms with Crippen LogP contribution in [-0.2, 0) is 0 Å². The van der Waals surface area contributed by atoms with Gasteiger partial charge in [-0.25, -0.2) is 4.98 Å². The van der Waals surface area contributed by atoms with Gasteiger partial charge in [-0.3, -0.25) is 0 Å². The molecule has 1 aromatic heterocycles. The lowest BCUT2D eigenvalue weighted by Gasteiger charge is -2.34. The third kappa shape index (κ3) is 3.69. The van der Waals surface area contributed by atoms with Crippen LogP contribution in [0.1, 0.15) is 38.3 Å². The third-order valence-corrected chi connectivity index (χ3v) is 4.86. The highest BCUT2D eigenvalue weighted by Gasteiger charge is 2.20. The Morgan fingerprint density at radius 2 is 1.55 bits per heavy atom. The molecule has 0 saturated carbocycles. The van der Waals surface area contributed by atoms with E-state index in [1.54, 1.807) is 0 Å². The van der Waals surface area contributed by atoms with Crippen LogP contribution in [0.4, 0.5) is 11.8 Å². The van der Waals surface area contributed by atoms with E-state index in [1.165, 1.54) is 25.7 Å². The molecule has 0 radical (unpaired) electrons. The predicted molar refractivity (Wildman–Crippen MR) is 91.8 cm³/mol. The quantitative estimate of drug-likeness (QED) is 0.856. The topological polar surface area (TPSA) is 35.5 Å². The Morgan fingerprint density at radius 3 is 2.18 bits per heavy atom. The number of hydrogen-bond donors (Lipinski definition) is 0. The minimum Gasteiger partial charge on any atom is -0.356 e. The minimum absolute atomic E-state index is 0.926. The van der Waals surface area contributed by atoms with E-state index in [2.05, 4.69) is 34.6 Å². The van der Waals surface area contributed by atoms with Gasteiger partial charge < -0.3 is 14.7 Å². The molecule has 122 valence electrons. The first-order valence-corrected chi connectivity index (χ1v) is 8.84. The highest BCUT2D eigenvalue weighted by Crippen LogP contribution is 2.21. The summed E-state index contributed by atoms with van der Waals surface area (Å²) in [6.07, 6.45) is 5.28. The predicted octanol–water partition coefficient (Wildman–Crippen LogP) is 2.31. The van der Waals surface area contributed by atoms with E-state index in [0.29, 0.717) is 0 Å². The SMILES string of the molecule is CCN1CCN(c2nc(C)cc(N3CCCCCC3)n2)CC1. The average Bonchev–Trinajstić information content (AvgIpc) is 2.84. The number of aryl methyl sites for hydroxylation is 1. The van der Waals surface area contributed by atoms with Crippen molar-refractivity contribution < 1.29 is 0 Å². The molecule has 2 saturated heterocycles. The summed E-state index contributed by atoms with van der Waals surface area (Å²) in [7, 11) is 0. The standard InChI is InChI=1S/C17H29N5/c1-3-20-10-12-22(13-11-20)17-18-15(2)14-16(19-17)21-8-6-4-5-7-9-21/h14H,3-13H2,1-2H3. The van der Waals surface area contributed by atoms with Crippen molar-refractivity contribution in [1.29, 1.82) is 0 Å². The molecule has 2 fully saturated rings. The van der Waals surface area contributed by atoms with Crippen molar-refractivity contribution in [3.05, 3.63) is 11.8 Å². The molecule has 0 bridgehead atoms. The number of likely N-dealkylation sites (N-methyl/N-ethyl adjacent to an activating group) is 1. The Bertz CT molecular complexity index is 474.